The number of halogens is 1. The Morgan fingerprint density at radius 1 is 1.21 bits per heavy atom. The van der Waals surface area contributed by atoms with Crippen molar-refractivity contribution in [1.82, 2.24) is 14.9 Å². The minimum atomic E-state index is -0.904. The van der Waals surface area contributed by atoms with E-state index >= 15 is 0 Å². The van der Waals surface area contributed by atoms with E-state index < -0.39 is 17.5 Å². The fourth-order valence-electron chi connectivity index (χ4n) is 3.73. The van der Waals surface area contributed by atoms with E-state index in [-0.39, 0.29) is 5.52 Å². The van der Waals surface area contributed by atoms with Gasteiger partial charge in [0, 0.05) is 11.3 Å². The van der Waals surface area contributed by atoms with E-state index in [1.165, 1.54) is 7.11 Å². The van der Waals surface area contributed by atoms with Crippen LogP contribution in [0.1, 0.15) is 25.1 Å². The summed E-state index contributed by atoms with van der Waals surface area (Å²) < 4.78 is 16.9. The molecule has 4 aromatic rings. The molecule has 0 aliphatic heterocycles. The van der Waals surface area contributed by atoms with E-state index in [0.29, 0.717) is 51.0 Å². The summed E-state index contributed by atoms with van der Waals surface area (Å²) in [5.41, 5.74) is 1.21. The topological polar surface area (TPSA) is 108 Å². The highest BCUT2D eigenvalue weighted by Gasteiger charge is 2.26. The Labute approximate surface area is 200 Å². The molecule has 2 aromatic heterocycles. The van der Waals surface area contributed by atoms with Gasteiger partial charge < -0.3 is 19.3 Å². The number of aromatic nitrogens is 3. The molecular weight excluding hydrogens is 460 g/mol. The van der Waals surface area contributed by atoms with Gasteiger partial charge in [-0.25, -0.2) is 4.68 Å². The zero-order valence-electron chi connectivity index (χ0n) is 19.1. The Hall–Kier alpha value is -3.85. The Morgan fingerprint density at radius 2 is 2.00 bits per heavy atom. The second-order valence-electron chi connectivity index (χ2n) is 7.56. The molecular formula is C24H23ClN4O5. The minimum Gasteiger partial charge on any atom is -0.497 e. The van der Waals surface area contributed by atoms with Gasteiger partial charge in [-0.3, -0.25) is 9.59 Å². The van der Waals surface area contributed by atoms with Crippen molar-refractivity contribution in [3.05, 3.63) is 63.6 Å². The number of aryl methyl sites for hydroxylation is 1. The lowest BCUT2D eigenvalue weighted by atomic mass is 10.1. The van der Waals surface area contributed by atoms with E-state index in [0.717, 1.165) is 4.68 Å². The highest BCUT2D eigenvalue weighted by atomic mass is 35.5. The molecule has 2 aromatic carbocycles. The monoisotopic (exact) mass is 482 g/mol. The number of ether oxygens (including phenoxy) is 2. The molecule has 0 bridgehead atoms. The van der Waals surface area contributed by atoms with E-state index in [4.69, 9.17) is 25.6 Å². The molecule has 0 saturated carbocycles. The molecule has 0 radical (unpaired) electrons. The molecule has 9 nitrogen and oxygen atoms in total. The number of hydrogen-bond acceptors (Lipinski definition) is 7. The highest BCUT2D eigenvalue weighted by Crippen LogP contribution is 2.31. The van der Waals surface area contributed by atoms with Gasteiger partial charge in [0.1, 0.15) is 29.0 Å². The predicted molar refractivity (Wildman–Crippen MR) is 129 cm³/mol. The standard InChI is InChI=1S/C24H23ClN4O5/c1-5-18(23(30)26-15-9-10-19(33-4)17(25)12-15)29-24(31)22-20(13(2)34-28-22)21(27-29)14-7-6-8-16(11-14)32-3/h6-12,18H,5H2,1-4H3,(H,26,30). The van der Waals surface area contributed by atoms with Gasteiger partial charge in [0.05, 0.1) is 24.6 Å². The summed E-state index contributed by atoms with van der Waals surface area (Å²) in [6.45, 7) is 3.50. The van der Waals surface area contributed by atoms with E-state index in [1.807, 2.05) is 12.1 Å². The lowest BCUT2D eigenvalue weighted by Crippen LogP contribution is -2.35. The Bertz CT molecular complexity index is 1430. The highest BCUT2D eigenvalue weighted by molar-refractivity contribution is 6.32. The van der Waals surface area contributed by atoms with Gasteiger partial charge >= 0.3 is 0 Å². The Balaban J connectivity index is 1.80. The van der Waals surface area contributed by atoms with Gasteiger partial charge in [-0.1, -0.05) is 35.8 Å². The number of benzene rings is 2. The van der Waals surface area contributed by atoms with Gasteiger partial charge in [-0.15, -0.1) is 0 Å². The average Bonchev–Trinajstić information content (AvgIpc) is 3.23. The number of rotatable bonds is 7. The summed E-state index contributed by atoms with van der Waals surface area (Å²) in [5, 5.41) is 12.2. The van der Waals surface area contributed by atoms with E-state index in [9.17, 15) is 9.59 Å². The van der Waals surface area contributed by atoms with Crippen LogP contribution in [0.3, 0.4) is 0 Å². The van der Waals surface area contributed by atoms with Crippen LogP contribution in [-0.4, -0.2) is 35.1 Å². The van der Waals surface area contributed by atoms with Crippen LogP contribution in [0.25, 0.3) is 22.2 Å². The molecule has 1 N–H and O–H groups in total. The molecule has 2 heterocycles. The molecule has 0 fully saturated rings. The zero-order valence-corrected chi connectivity index (χ0v) is 19.8. The summed E-state index contributed by atoms with van der Waals surface area (Å²) in [5.74, 6) is 1.14. The molecule has 4 rings (SSSR count). The lowest BCUT2D eigenvalue weighted by molar-refractivity contribution is -0.119. The molecule has 1 amide bonds. The number of nitrogens with zero attached hydrogens (tertiary/aromatic N) is 3. The van der Waals surface area contributed by atoms with E-state index in [1.54, 1.807) is 51.3 Å². The summed E-state index contributed by atoms with van der Waals surface area (Å²) in [7, 11) is 3.07. The van der Waals surface area contributed by atoms with Gasteiger partial charge in [0.15, 0.2) is 5.52 Å². The second-order valence-corrected chi connectivity index (χ2v) is 7.96. The van der Waals surface area contributed by atoms with Crippen LogP contribution in [-0.2, 0) is 4.79 Å². The quantitative estimate of drug-likeness (QED) is 0.409. The lowest BCUT2D eigenvalue weighted by Gasteiger charge is -2.18. The number of amides is 1. The molecule has 34 heavy (non-hydrogen) atoms. The first kappa shape index (κ1) is 23.3. The molecule has 0 saturated heterocycles. The van der Waals surface area contributed by atoms with Crippen LogP contribution < -0.4 is 20.3 Å². The second kappa shape index (κ2) is 9.56. The molecule has 10 heteroatoms. The zero-order chi connectivity index (χ0) is 24.4. The third-order valence-electron chi connectivity index (χ3n) is 5.46. The first-order valence-corrected chi connectivity index (χ1v) is 10.9. The van der Waals surface area contributed by atoms with Crippen molar-refractivity contribution in [1.29, 1.82) is 0 Å². The third-order valence-corrected chi connectivity index (χ3v) is 5.76. The van der Waals surface area contributed by atoms with Crippen molar-refractivity contribution in [3.8, 4) is 22.8 Å². The molecule has 176 valence electrons. The molecule has 1 unspecified atom stereocenters. The van der Waals surface area contributed by atoms with Crippen molar-refractivity contribution in [2.24, 2.45) is 0 Å². The largest absolute Gasteiger partial charge is 0.497 e. The van der Waals surface area contributed by atoms with Crippen LogP contribution in [0, 0.1) is 6.92 Å². The number of nitrogens with one attached hydrogen (secondary N) is 1. The summed E-state index contributed by atoms with van der Waals surface area (Å²) in [6, 6.07) is 11.2. The van der Waals surface area contributed by atoms with Crippen LogP contribution in [0.5, 0.6) is 11.5 Å². The Morgan fingerprint density at radius 3 is 2.68 bits per heavy atom. The number of fused-ring (bicyclic) bond motifs is 1. The minimum absolute atomic E-state index is 0.101. The number of methoxy groups -OCH3 is 2. The van der Waals surface area contributed by atoms with Crippen molar-refractivity contribution in [2.75, 3.05) is 19.5 Å². The summed E-state index contributed by atoms with van der Waals surface area (Å²) >= 11 is 6.18. The van der Waals surface area contributed by atoms with Gasteiger partial charge in [-0.2, -0.15) is 5.10 Å². The van der Waals surface area contributed by atoms with E-state index in [2.05, 4.69) is 15.6 Å². The van der Waals surface area contributed by atoms with Gasteiger partial charge in [0.25, 0.3) is 5.56 Å². The molecule has 0 aliphatic rings. The number of hydrogen-bond donors (Lipinski definition) is 1. The average molecular weight is 483 g/mol. The number of carbonyl (C=O) groups is 1. The molecule has 1 atom stereocenters. The first-order valence-electron chi connectivity index (χ1n) is 10.6. The van der Waals surface area contributed by atoms with Crippen molar-refractivity contribution >= 4 is 34.1 Å². The maximum Gasteiger partial charge on any atom is 0.297 e. The van der Waals surface area contributed by atoms with Crippen molar-refractivity contribution in [3.63, 3.8) is 0 Å². The predicted octanol–water partition coefficient (Wildman–Crippen LogP) is 4.62. The maximum atomic E-state index is 13.3. The summed E-state index contributed by atoms with van der Waals surface area (Å²) in [6.07, 6.45) is 0.308. The van der Waals surface area contributed by atoms with Crippen molar-refractivity contribution in [2.45, 2.75) is 26.3 Å². The van der Waals surface area contributed by atoms with Crippen molar-refractivity contribution < 1.29 is 18.8 Å². The smallest absolute Gasteiger partial charge is 0.297 e. The number of anilines is 1. The Kier molecular flexibility index (Phi) is 6.56. The van der Waals surface area contributed by atoms with Crippen LogP contribution in [0.2, 0.25) is 5.02 Å². The van der Waals surface area contributed by atoms with Crippen LogP contribution >= 0.6 is 11.6 Å². The van der Waals surface area contributed by atoms with Crippen LogP contribution in [0.15, 0.2) is 51.8 Å². The third kappa shape index (κ3) is 4.22. The maximum absolute atomic E-state index is 13.3. The normalized spacial score (nSPS) is 11.9. The van der Waals surface area contributed by atoms with Gasteiger partial charge in [0.2, 0.25) is 5.91 Å². The molecule has 0 aliphatic carbocycles. The molecule has 0 spiro atoms. The fraction of sp³-hybridized carbons (Fsp3) is 0.250. The van der Waals surface area contributed by atoms with Gasteiger partial charge in [-0.05, 0) is 43.7 Å². The number of carbonyl (C=O) groups excluding carboxylic acids is 1. The fourth-order valence-corrected chi connectivity index (χ4v) is 3.99. The van der Waals surface area contributed by atoms with Crippen LogP contribution in [0.4, 0.5) is 5.69 Å². The first-order chi connectivity index (χ1) is 16.4. The summed E-state index contributed by atoms with van der Waals surface area (Å²) in [4.78, 5) is 26.5. The SMILES string of the molecule is CCC(C(=O)Nc1ccc(OC)c(Cl)c1)n1nc(-c2cccc(OC)c2)c2c(C)onc2c1=O.